The van der Waals surface area contributed by atoms with E-state index in [1.165, 1.54) is 11.1 Å². The van der Waals surface area contributed by atoms with E-state index in [0.717, 1.165) is 28.9 Å². The Bertz CT molecular complexity index is 1100. The van der Waals surface area contributed by atoms with Crippen molar-refractivity contribution in [3.05, 3.63) is 107 Å². The number of aryl methyl sites for hydroxylation is 2. The van der Waals surface area contributed by atoms with Crippen LogP contribution in [0.1, 0.15) is 41.2 Å². The maximum absolute atomic E-state index is 13.6. The Morgan fingerprint density at radius 1 is 0.914 bits per heavy atom. The molecule has 0 aliphatic heterocycles. The first kappa shape index (κ1) is 26.6. The van der Waals surface area contributed by atoms with Crippen LogP contribution >= 0.6 is 11.8 Å². The summed E-state index contributed by atoms with van der Waals surface area (Å²) < 4.78 is 0. The van der Waals surface area contributed by atoms with E-state index in [1.807, 2.05) is 74.5 Å². The molecule has 0 saturated heterocycles. The van der Waals surface area contributed by atoms with Crippen molar-refractivity contribution in [2.45, 2.75) is 52.0 Å². The Kier molecular flexibility index (Phi) is 10.4. The van der Waals surface area contributed by atoms with Gasteiger partial charge in [-0.1, -0.05) is 91.3 Å². The van der Waals surface area contributed by atoms with Crippen LogP contribution in [0.3, 0.4) is 0 Å². The molecule has 3 aromatic carbocycles. The lowest BCUT2D eigenvalue weighted by Gasteiger charge is -2.31. The van der Waals surface area contributed by atoms with Gasteiger partial charge in [-0.2, -0.15) is 0 Å². The highest BCUT2D eigenvalue weighted by molar-refractivity contribution is 7.99. The summed E-state index contributed by atoms with van der Waals surface area (Å²) in [5.74, 6) is 0.979. The summed E-state index contributed by atoms with van der Waals surface area (Å²) in [5.41, 5.74) is 5.67. The third kappa shape index (κ3) is 8.29. The monoisotopic (exact) mass is 488 g/mol. The molecule has 4 nitrogen and oxygen atoms in total. The molecule has 1 N–H and O–H groups in total. The molecule has 5 heteroatoms. The molecule has 0 aliphatic rings. The number of benzene rings is 3. The number of rotatable bonds is 12. The van der Waals surface area contributed by atoms with Crippen LogP contribution in [0.2, 0.25) is 0 Å². The van der Waals surface area contributed by atoms with Crippen molar-refractivity contribution < 1.29 is 9.59 Å². The number of thioether (sulfide) groups is 1. The standard InChI is InChI=1S/C30H36N2O2S/c1-4-17-31-30(34)28(19-25-13-6-5-7-14-25)32(20-26-15-10-11-23(2)18-26)29(33)22-35-21-27-16-9-8-12-24(27)3/h5-16,18,28H,4,17,19-22H2,1-3H3,(H,31,34)/t28-/m1/s1. The summed E-state index contributed by atoms with van der Waals surface area (Å²) in [6.45, 7) is 7.17. The minimum atomic E-state index is -0.573. The largest absolute Gasteiger partial charge is 0.354 e. The molecule has 2 amide bonds. The maximum atomic E-state index is 13.6. The number of carbonyl (C=O) groups excluding carboxylic acids is 2. The smallest absolute Gasteiger partial charge is 0.243 e. The Hall–Kier alpha value is -3.05. The molecule has 35 heavy (non-hydrogen) atoms. The number of hydrogen-bond donors (Lipinski definition) is 1. The fourth-order valence-electron chi connectivity index (χ4n) is 4.03. The normalized spacial score (nSPS) is 11.6. The predicted molar refractivity (Wildman–Crippen MR) is 146 cm³/mol. The third-order valence-electron chi connectivity index (χ3n) is 6.00. The van der Waals surface area contributed by atoms with Crippen molar-refractivity contribution in [2.24, 2.45) is 0 Å². The van der Waals surface area contributed by atoms with E-state index in [2.05, 4.69) is 30.4 Å². The van der Waals surface area contributed by atoms with E-state index in [0.29, 0.717) is 25.3 Å². The van der Waals surface area contributed by atoms with E-state index < -0.39 is 6.04 Å². The summed E-state index contributed by atoms with van der Waals surface area (Å²) in [6, 6.07) is 25.8. The highest BCUT2D eigenvalue weighted by atomic mass is 32.2. The van der Waals surface area contributed by atoms with Gasteiger partial charge >= 0.3 is 0 Å². The second kappa shape index (κ2) is 13.7. The zero-order valence-electron chi connectivity index (χ0n) is 21.0. The molecule has 0 fully saturated rings. The summed E-state index contributed by atoms with van der Waals surface area (Å²) in [5, 5.41) is 3.03. The average Bonchev–Trinajstić information content (AvgIpc) is 2.86. The van der Waals surface area contributed by atoms with Gasteiger partial charge in [-0.25, -0.2) is 0 Å². The average molecular weight is 489 g/mol. The van der Waals surface area contributed by atoms with Crippen LogP contribution in [0, 0.1) is 13.8 Å². The summed E-state index contributed by atoms with van der Waals surface area (Å²) in [7, 11) is 0. The Balaban J connectivity index is 1.84. The van der Waals surface area contributed by atoms with Crippen molar-refractivity contribution in [3.63, 3.8) is 0 Å². The van der Waals surface area contributed by atoms with E-state index in [-0.39, 0.29) is 11.8 Å². The first-order valence-electron chi connectivity index (χ1n) is 12.3. The first-order valence-corrected chi connectivity index (χ1v) is 13.4. The van der Waals surface area contributed by atoms with Crippen LogP contribution in [0.4, 0.5) is 0 Å². The molecule has 0 aromatic heterocycles. The number of carbonyl (C=O) groups is 2. The van der Waals surface area contributed by atoms with Crippen LogP contribution < -0.4 is 5.32 Å². The van der Waals surface area contributed by atoms with Crippen LogP contribution in [0.25, 0.3) is 0 Å². The van der Waals surface area contributed by atoms with E-state index in [1.54, 1.807) is 16.7 Å². The molecule has 3 rings (SSSR count). The van der Waals surface area contributed by atoms with Crippen molar-refractivity contribution >= 4 is 23.6 Å². The zero-order chi connectivity index (χ0) is 25.0. The number of nitrogens with one attached hydrogen (secondary N) is 1. The Labute approximate surface area is 214 Å². The summed E-state index contributed by atoms with van der Waals surface area (Å²) in [4.78, 5) is 28.8. The Morgan fingerprint density at radius 3 is 2.34 bits per heavy atom. The van der Waals surface area contributed by atoms with Crippen molar-refractivity contribution in [2.75, 3.05) is 12.3 Å². The molecule has 0 unspecified atom stereocenters. The van der Waals surface area contributed by atoms with Gasteiger partial charge in [0.1, 0.15) is 6.04 Å². The van der Waals surface area contributed by atoms with Gasteiger partial charge in [-0.05, 0) is 42.5 Å². The van der Waals surface area contributed by atoms with Crippen molar-refractivity contribution in [1.82, 2.24) is 10.2 Å². The lowest BCUT2D eigenvalue weighted by Crippen LogP contribution is -2.51. The minimum Gasteiger partial charge on any atom is -0.354 e. The van der Waals surface area contributed by atoms with Crippen molar-refractivity contribution in [1.29, 1.82) is 0 Å². The Morgan fingerprint density at radius 2 is 1.63 bits per heavy atom. The molecule has 0 bridgehead atoms. The topological polar surface area (TPSA) is 49.4 Å². The van der Waals surface area contributed by atoms with Gasteiger partial charge in [0.05, 0.1) is 5.75 Å². The number of nitrogens with zero attached hydrogens (tertiary/aromatic N) is 1. The SMILES string of the molecule is CCCNC(=O)[C@@H](Cc1ccccc1)N(Cc1cccc(C)c1)C(=O)CSCc1ccccc1C. The zero-order valence-corrected chi connectivity index (χ0v) is 21.8. The molecule has 0 heterocycles. The lowest BCUT2D eigenvalue weighted by molar-refractivity contribution is -0.139. The van der Waals surface area contributed by atoms with E-state index in [4.69, 9.17) is 0 Å². The quantitative estimate of drug-likeness (QED) is 0.356. The van der Waals surface area contributed by atoms with Crippen LogP contribution in [-0.4, -0.2) is 35.1 Å². The predicted octanol–water partition coefficient (Wildman–Crippen LogP) is 5.70. The minimum absolute atomic E-state index is 0.0160. The van der Waals surface area contributed by atoms with Gasteiger partial charge in [-0.3, -0.25) is 9.59 Å². The van der Waals surface area contributed by atoms with Crippen LogP contribution in [-0.2, 0) is 28.3 Å². The van der Waals surface area contributed by atoms with E-state index >= 15 is 0 Å². The molecular weight excluding hydrogens is 452 g/mol. The van der Waals surface area contributed by atoms with Gasteiger partial charge in [0.2, 0.25) is 11.8 Å². The molecule has 0 aliphatic carbocycles. The molecule has 0 radical (unpaired) electrons. The number of amides is 2. The third-order valence-corrected chi connectivity index (χ3v) is 6.97. The highest BCUT2D eigenvalue weighted by Crippen LogP contribution is 2.20. The highest BCUT2D eigenvalue weighted by Gasteiger charge is 2.30. The summed E-state index contributed by atoms with van der Waals surface area (Å²) in [6.07, 6.45) is 1.33. The molecule has 1 atom stereocenters. The molecule has 184 valence electrons. The van der Waals surface area contributed by atoms with Gasteiger partial charge < -0.3 is 10.2 Å². The molecule has 0 saturated carbocycles. The van der Waals surface area contributed by atoms with Crippen LogP contribution in [0.15, 0.2) is 78.9 Å². The van der Waals surface area contributed by atoms with Gasteiger partial charge in [0, 0.05) is 25.3 Å². The summed E-state index contributed by atoms with van der Waals surface area (Å²) >= 11 is 1.60. The van der Waals surface area contributed by atoms with Crippen LogP contribution in [0.5, 0.6) is 0 Å². The second-order valence-corrected chi connectivity index (χ2v) is 9.91. The van der Waals surface area contributed by atoms with Gasteiger partial charge in [0.15, 0.2) is 0 Å². The maximum Gasteiger partial charge on any atom is 0.243 e. The lowest BCUT2D eigenvalue weighted by atomic mass is 10.0. The van der Waals surface area contributed by atoms with Gasteiger partial charge in [0.25, 0.3) is 0 Å². The van der Waals surface area contributed by atoms with E-state index in [9.17, 15) is 9.59 Å². The van der Waals surface area contributed by atoms with Gasteiger partial charge in [-0.15, -0.1) is 11.8 Å². The number of hydrogen-bond acceptors (Lipinski definition) is 3. The first-order chi connectivity index (χ1) is 17.0. The fraction of sp³-hybridized carbons (Fsp3) is 0.333. The molecule has 0 spiro atoms. The second-order valence-electron chi connectivity index (χ2n) is 8.93. The fourth-order valence-corrected chi connectivity index (χ4v) is 5.02. The molecule has 3 aromatic rings. The molecular formula is C30H36N2O2S. The van der Waals surface area contributed by atoms with Crippen molar-refractivity contribution in [3.8, 4) is 0 Å².